The van der Waals surface area contributed by atoms with E-state index in [9.17, 15) is 4.79 Å². The summed E-state index contributed by atoms with van der Waals surface area (Å²) < 4.78 is 17.0. The van der Waals surface area contributed by atoms with Crippen LogP contribution in [0.5, 0.6) is 5.75 Å². The maximum absolute atomic E-state index is 12.5. The van der Waals surface area contributed by atoms with Gasteiger partial charge < -0.3 is 19.2 Å². The number of nitrogens with one attached hydrogen (secondary N) is 1. The summed E-state index contributed by atoms with van der Waals surface area (Å²) in [6.07, 6.45) is 0.787. The molecule has 2 aromatic rings. The topological polar surface area (TPSA) is 63.9 Å². The molecule has 1 N–H and O–H groups in total. The molecular formula is C20H24N2O4. The summed E-state index contributed by atoms with van der Waals surface area (Å²) in [5.41, 5.74) is 2.05. The molecule has 1 saturated heterocycles. The highest BCUT2D eigenvalue weighted by molar-refractivity contribution is 5.92. The summed E-state index contributed by atoms with van der Waals surface area (Å²) in [4.78, 5) is 14.8. The zero-order chi connectivity index (χ0) is 17.9. The molecule has 1 fully saturated rings. The molecule has 0 radical (unpaired) electrons. The van der Waals surface area contributed by atoms with E-state index in [0.29, 0.717) is 18.8 Å². The lowest BCUT2D eigenvalue weighted by atomic mass is 10.1. The third kappa shape index (κ3) is 3.76. The first-order chi connectivity index (χ1) is 12.7. The van der Waals surface area contributed by atoms with Gasteiger partial charge in [-0.2, -0.15) is 0 Å². The number of hydrogen-bond acceptors (Lipinski definition) is 5. The number of hydrogen-bond donors (Lipinski definition) is 1. The number of aryl methyl sites for hydroxylation is 1. The molecule has 2 aliphatic rings. The van der Waals surface area contributed by atoms with Crippen molar-refractivity contribution in [3.63, 3.8) is 0 Å². The summed E-state index contributed by atoms with van der Waals surface area (Å²) in [6.45, 7) is 6.35. The van der Waals surface area contributed by atoms with Crippen molar-refractivity contribution in [1.29, 1.82) is 0 Å². The molecule has 6 heteroatoms. The number of para-hydroxylation sites is 1. The van der Waals surface area contributed by atoms with E-state index < -0.39 is 0 Å². The van der Waals surface area contributed by atoms with E-state index in [4.69, 9.17) is 13.9 Å². The largest absolute Gasteiger partial charge is 0.488 e. The molecule has 3 heterocycles. The Morgan fingerprint density at radius 3 is 2.88 bits per heavy atom. The molecule has 0 saturated carbocycles. The molecule has 0 bridgehead atoms. The highest BCUT2D eigenvalue weighted by Gasteiger charge is 2.24. The predicted octanol–water partition coefficient (Wildman–Crippen LogP) is 2.15. The molecule has 1 aromatic carbocycles. The number of morpholine rings is 1. The standard InChI is InChI=1S/C20H24N2O4/c1-14-10-17(13-22-6-8-24-9-7-22)26-19(14)20(23)21-12-16-11-15-4-2-3-5-18(15)25-16/h2-5,10,16H,6-9,11-13H2,1H3,(H,21,23). The van der Waals surface area contributed by atoms with Gasteiger partial charge in [0.15, 0.2) is 5.76 Å². The van der Waals surface area contributed by atoms with Gasteiger partial charge in [0.2, 0.25) is 0 Å². The molecule has 0 spiro atoms. The fourth-order valence-electron chi connectivity index (χ4n) is 3.49. The van der Waals surface area contributed by atoms with Gasteiger partial charge in [-0.05, 0) is 24.6 Å². The van der Waals surface area contributed by atoms with Crippen LogP contribution in [0.2, 0.25) is 0 Å². The molecular weight excluding hydrogens is 332 g/mol. The predicted molar refractivity (Wildman–Crippen MR) is 96.4 cm³/mol. The molecule has 1 atom stereocenters. The van der Waals surface area contributed by atoms with Gasteiger partial charge in [0.25, 0.3) is 5.91 Å². The molecule has 0 aliphatic carbocycles. The third-order valence-electron chi connectivity index (χ3n) is 4.86. The van der Waals surface area contributed by atoms with Crippen LogP contribution in [0.25, 0.3) is 0 Å². The van der Waals surface area contributed by atoms with Crippen molar-refractivity contribution in [2.45, 2.75) is 26.0 Å². The van der Waals surface area contributed by atoms with E-state index in [1.54, 1.807) is 0 Å². The van der Waals surface area contributed by atoms with Gasteiger partial charge >= 0.3 is 0 Å². The number of amides is 1. The Morgan fingerprint density at radius 1 is 1.27 bits per heavy atom. The second-order valence-electron chi connectivity index (χ2n) is 6.88. The number of benzene rings is 1. The summed E-state index contributed by atoms with van der Waals surface area (Å²) in [7, 11) is 0. The number of rotatable bonds is 5. The fraction of sp³-hybridized carbons (Fsp3) is 0.450. The summed E-state index contributed by atoms with van der Waals surface area (Å²) in [6, 6.07) is 9.94. The first kappa shape index (κ1) is 17.1. The molecule has 6 nitrogen and oxygen atoms in total. The Hall–Kier alpha value is -2.31. The van der Waals surface area contributed by atoms with Gasteiger partial charge in [-0.3, -0.25) is 9.69 Å². The lowest BCUT2D eigenvalue weighted by Crippen LogP contribution is -2.35. The van der Waals surface area contributed by atoms with Gasteiger partial charge in [-0.1, -0.05) is 18.2 Å². The SMILES string of the molecule is Cc1cc(CN2CCOCC2)oc1C(=O)NCC1Cc2ccccc2O1. The molecule has 4 rings (SSSR count). The second-order valence-corrected chi connectivity index (χ2v) is 6.88. The lowest BCUT2D eigenvalue weighted by Gasteiger charge is -2.25. The molecule has 2 aliphatic heterocycles. The van der Waals surface area contributed by atoms with Crippen LogP contribution in [-0.2, 0) is 17.7 Å². The third-order valence-corrected chi connectivity index (χ3v) is 4.86. The Balaban J connectivity index is 1.32. The minimum atomic E-state index is -0.185. The van der Waals surface area contributed by atoms with Gasteiger partial charge in [-0.15, -0.1) is 0 Å². The van der Waals surface area contributed by atoms with Crippen LogP contribution < -0.4 is 10.1 Å². The monoisotopic (exact) mass is 356 g/mol. The number of ether oxygens (including phenoxy) is 2. The number of furan rings is 1. The Labute approximate surface area is 153 Å². The first-order valence-corrected chi connectivity index (χ1v) is 9.11. The molecule has 138 valence electrons. The fourth-order valence-corrected chi connectivity index (χ4v) is 3.49. The number of fused-ring (bicyclic) bond motifs is 1. The number of carbonyl (C=O) groups excluding carboxylic acids is 1. The molecule has 1 unspecified atom stereocenters. The van der Waals surface area contributed by atoms with Crippen molar-refractivity contribution in [1.82, 2.24) is 10.2 Å². The average Bonchev–Trinajstić information content (AvgIpc) is 3.23. The molecule has 1 aromatic heterocycles. The first-order valence-electron chi connectivity index (χ1n) is 9.11. The van der Waals surface area contributed by atoms with Crippen LogP contribution in [0.15, 0.2) is 34.7 Å². The van der Waals surface area contributed by atoms with Crippen LogP contribution in [-0.4, -0.2) is 49.8 Å². The Kier molecular flexibility index (Phi) is 4.95. The van der Waals surface area contributed by atoms with Crippen molar-refractivity contribution >= 4 is 5.91 Å². The van der Waals surface area contributed by atoms with Crippen molar-refractivity contribution in [2.24, 2.45) is 0 Å². The van der Waals surface area contributed by atoms with Crippen LogP contribution in [0.3, 0.4) is 0 Å². The average molecular weight is 356 g/mol. The summed E-state index contributed by atoms with van der Waals surface area (Å²) >= 11 is 0. The summed E-state index contributed by atoms with van der Waals surface area (Å²) in [5, 5.41) is 2.94. The highest BCUT2D eigenvalue weighted by atomic mass is 16.5. The van der Waals surface area contributed by atoms with E-state index in [1.807, 2.05) is 31.2 Å². The van der Waals surface area contributed by atoms with Crippen molar-refractivity contribution < 1.29 is 18.7 Å². The lowest BCUT2D eigenvalue weighted by molar-refractivity contribution is 0.0311. The molecule has 1 amide bonds. The maximum Gasteiger partial charge on any atom is 0.287 e. The van der Waals surface area contributed by atoms with Gasteiger partial charge in [0, 0.05) is 25.1 Å². The van der Waals surface area contributed by atoms with Crippen LogP contribution in [0.4, 0.5) is 0 Å². The van der Waals surface area contributed by atoms with E-state index in [-0.39, 0.29) is 12.0 Å². The quantitative estimate of drug-likeness (QED) is 0.889. The smallest absolute Gasteiger partial charge is 0.287 e. The van der Waals surface area contributed by atoms with Gasteiger partial charge in [0.05, 0.1) is 26.3 Å². The highest BCUT2D eigenvalue weighted by Crippen LogP contribution is 2.27. The van der Waals surface area contributed by atoms with Crippen molar-refractivity contribution in [3.05, 3.63) is 53.0 Å². The number of nitrogens with zero attached hydrogens (tertiary/aromatic N) is 1. The summed E-state index contributed by atoms with van der Waals surface area (Å²) in [5.74, 6) is 1.94. The van der Waals surface area contributed by atoms with E-state index in [0.717, 1.165) is 49.8 Å². The second kappa shape index (κ2) is 7.51. The minimum absolute atomic E-state index is 0.0283. The van der Waals surface area contributed by atoms with Crippen molar-refractivity contribution in [3.8, 4) is 5.75 Å². The normalized spacial score (nSPS) is 19.8. The maximum atomic E-state index is 12.5. The zero-order valence-corrected chi connectivity index (χ0v) is 15.0. The van der Waals surface area contributed by atoms with Gasteiger partial charge in [0.1, 0.15) is 17.6 Å². The number of carbonyl (C=O) groups is 1. The van der Waals surface area contributed by atoms with Crippen LogP contribution >= 0.6 is 0 Å². The van der Waals surface area contributed by atoms with E-state index >= 15 is 0 Å². The minimum Gasteiger partial charge on any atom is -0.488 e. The zero-order valence-electron chi connectivity index (χ0n) is 15.0. The van der Waals surface area contributed by atoms with Crippen LogP contribution in [0, 0.1) is 6.92 Å². The van der Waals surface area contributed by atoms with E-state index in [2.05, 4.69) is 16.3 Å². The van der Waals surface area contributed by atoms with Gasteiger partial charge in [-0.25, -0.2) is 0 Å². The Bertz CT molecular complexity index is 755. The van der Waals surface area contributed by atoms with Crippen molar-refractivity contribution in [2.75, 3.05) is 32.8 Å². The Morgan fingerprint density at radius 2 is 2.08 bits per heavy atom. The molecule has 26 heavy (non-hydrogen) atoms. The van der Waals surface area contributed by atoms with E-state index in [1.165, 1.54) is 5.56 Å². The van der Waals surface area contributed by atoms with Crippen LogP contribution in [0.1, 0.15) is 27.4 Å².